The second kappa shape index (κ2) is 11.0. The first kappa shape index (κ1) is 27.6. The fourth-order valence-electron chi connectivity index (χ4n) is 6.79. The summed E-state index contributed by atoms with van der Waals surface area (Å²) in [7, 11) is 1.64. The molecule has 214 valence electrons. The zero-order valence-corrected chi connectivity index (χ0v) is 23.8. The van der Waals surface area contributed by atoms with Crippen molar-refractivity contribution in [3.8, 4) is 0 Å². The van der Waals surface area contributed by atoms with Crippen LogP contribution in [0.1, 0.15) is 70.0 Å². The number of rotatable bonds is 4. The number of anilines is 1. The number of fused-ring (bicyclic) bond motifs is 1. The van der Waals surface area contributed by atoms with E-state index in [1.807, 2.05) is 35.5 Å². The Bertz CT molecular complexity index is 1470. The Morgan fingerprint density at radius 1 is 0.951 bits per heavy atom. The summed E-state index contributed by atoms with van der Waals surface area (Å²) < 4.78 is 27.4. The molecule has 3 heterocycles. The Morgan fingerprint density at radius 3 is 2.32 bits per heavy atom. The number of likely N-dealkylation sites (tertiary alicyclic amines) is 1. The fourth-order valence-corrected chi connectivity index (χ4v) is 7.03. The molecule has 1 unspecified atom stereocenters. The monoisotopic (exact) mass is 578 g/mol. The molecule has 3 aliphatic rings. The van der Waals surface area contributed by atoms with Gasteiger partial charge in [-0.2, -0.15) is 0 Å². The van der Waals surface area contributed by atoms with Crippen LogP contribution in [0.4, 0.5) is 14.5 Å². The van der Waals surface area contributed by atoms with Crippen LogP contribution in [-0.2, 0) is 6.42 Å². The maximum atomic E-state index is 13.9. The van der Waals surface area contributed by atoms with Crippen LogP contribution in [0.3, 0.4) is 0 Å². The SMILES string of the molecule is CN(C(=O)c1cc(F)c(F)cc1Cl)C1CCc2ccc(C(=O)N3CCC4(CC3)CCN(c3ccncc3)CC4)cc21. The van der Waals surface area contributed by atoms with Crippen molar-refractivity contribution in [3.63, 3.8) is 0 Å². The van der Waals surface area contributed by atoms with Crippen LogP contribution in [0.15, 0.2) is 54.9 Å². The molecule has 1 spiro atoms. The quantitative estimate of drug-likeness (QED) is 0.341. The highest BCUT2D eigenvalue weighted by atomic mass is 35.5. The number of carbonyl (C=O) groups excluding carboxylic acids is 2. The van der Waals surface area contributed by atoms with Crippen LogP contribution in [0, 0.1) is 17.0 Å². The summed E-state index contributed by atoms with van der Waals surface area (Å²) in [6.07, 6.45) is 9.37. The molecule has 6 nitrogen and oxygen atoms in total. The summed E-state index contributed by atoms with van der Waals surface area (Å²) >= 11 is 6.08. The van der Waals surface area contributed by atoms with Crippen LogP contribution >= 0.6 is 11.6 Å². The molecule has 41 heavy (non-hydrogen) atoms. The zero-order chi connectivity index (χ0) is 28.7. The highest BCUT2D eigenvalue weighted by Gasteiger charge is 2.39. The zero-order valence-electron chi connectivity index (χ0n) is 23.1. The maximum absolute atomic E-state index is 13.9. The molecule has 2 aromatic carbocycles. The van der Waals surface area contributed by atoms with Crippen LogP contribution in [0.25, 0.3) is 0 Å². The van der Waals surface area contributed by atoms with Gasteiger partial charge in [0.1, 0.15) is 0 Å². The lowest BCUT2D eigenvalue weighted by molar-refractivity contribution is 0.0515. The molecular weight excluding hydrogens is 546 g/mol. The van der Waals surface area contributed by atoms with E-state index < -0.39 is 17.5 Å². The van der Waals surface area contributed by atoms with Crippen molar-refractivity contribution in [2.24, 2.45) is 5.41 Å². The molecule has 0 bridgehead atoms. The number of hydrogen-bond acceptors (Lipinski definition) is 4. The molecule has 1 aromatic heterocycles. The van der Waals surface area contributed by atoms with Gasteiger partial charge in [-0.3, -0.25) is 14.6 Å². The van der Waals surface area contributed by atoms with E-state index in [1.165, 1.54) is 10.6 Å². The lowest BCUT2D eigenvalue weighted by atomic mass is 9.71. The minimum atomic E-state index is -1.12. The summed E-state index contributed by atoms with van der Waals surface area (Å²) in [4.78, 5) is 36.8. The van der Waals surface area contributed by atoms with Gasteiger partial charge >= 0.3 is 0 Å². The van der Waals surface area contributed by atoms with Gasteiger partial charge in [0.2, 0.25) is 0 Å². The normalized spacial score (nSPS) is 19.8. The maximum Gasteiger partial charge on any atom is 0.255 e. The van der Waals surface area contributed by atoms with E-state index in [1.54, 1.807) is 7.05 Å². The predicted molar refractivity (Wildman–Crippen MR) is 154 cm³/mol. The van der Waals surface area contributed by atoms with Gasteiger partial charge in [-0.25, -0.2) is 8.78 Å². The number of carbonyl (C=O) groups is 2. The minimum absolute atomic E-state index is 0.0140. The molecule has 0 N–H and O–H groups in total. The van der Waals surface area contributed by atoms with Crippen molar-refractivity contribution in [1.82, 2.24) is 14.8 Å². The van der Waals surface area contributed by atoms with Crippen molar-refractivity contribution in [2.45, 2.75) is 44.6 Å². The van der Waals surface area contributed by atoms with Crippen LogP contribution < -0.4 is 4.90 Å². The lowest BCUT2D eigenvalue weighted by Gasteiger charge is -2.47. The van der Waals surface area contributed by atoms with Gasteiger partial charge in [0.25, 0.3) is 11.8 Å². The Labute approximate surface area is 243 Å². The molecule has 0 saturated carbocycles. The molecule has 1 atom stereocenters. The van der Waals surface area contributed by atoms with Crippen molar-refractivity contribution in [1.29, 1.82) is 0 Å². The topological polar surface area (TPSA) is 56.8 Å². The van der Waals surface area contributed by atoms with Crippen LogP contribution in [0.2, 0.25) is 5.02 Å². The van der Waals surface area contributed by atoms with Crippen molar-refractivity contribution in [2.75, 3.05) is 38.1 Å². The first-order valence-corrected chi connectivity index (χ1v) is 14.6. The van der Waals surface area contributed by atoms with Crippen molar-refractivity contribution >= 4 is 29.1 Å². The van der Waals surface area contributed by atoms with E-state index in [2.05, 4.69) is 22.0 Å². The van der Waals surface area contributed by atoms with E-state index >= 15 is 0 Å². The van der Waals surface area contributed by atoms with E-state index in [0.717, 1.165) is 81.5 Å². The first-order valence-electron chi connectivity index (χ1n) is 14.2. The molecule has 2 fully saturated rings. The minimum Gasteiger partial charge on any atom is -0.371 e. The summed E-state index contributed by atoms with van der Waals surface area (Å²) in [6.45, 7) is 3.52. The average Bonchev–Trinajstić information content (AvgIpc) is 3.42. The fraction of sp³-hybridized carbons (Fsp3) is 0.406. The first-order chi connectivity index (χ1) is 19.7. The lowest BCUT2D eigenvalue weighted by Crippen LogP contribution is -2.48. The highest BCUT2D eigenvalue weighted by Crippen LogP contribution is 2.43. The van der Waals surface area contributed by atoms with Gasteiger partial charge in [0, 0.05) is 56.9 Å². The number of halogens is 3. The highest BCUT2D eigenvalue weighted by molar-refractivity contribution is 6.33. The third-order valence-corrected chi connectivity index (χ3v) is 9.74. The van der Waals surface area contributed by atoms with E-state index in [4.69, 9.17) is 11.6 Å². The number of benzene rings is 2. The van der Waals surface area contributed by atoms with Gasteiger partial charge in [-0.15, -0.1) is 0 Å². The standard InChI is InChI=1S/C32H33ClF2N4O2/c1-37(31(41)25-19-27(34)28(35)20-26(25)33)29-5-4-21-2-3-22(18-24(21)29)30(40)39-16-10-32(11-17-39)8-14-38(15-9-32)23-6-12-36-13-7-23/h2-3,6-7,12-13,18-20,29H,4-5,8-11,14-17H2,1H3. The van der Waals surface area contributed by atoms with E-state index in [9.17, 15) is 18.4 Å². The average molecular weight is 579 g/mol. The number of nitrogens with zero attached hydrogens (tertiary/aromatic N) is 4. The largest absolute Gasteiger partial charge is 0.371 e. The molecule has 0 radical (unpaired) electrons. The Kier molecular flexibility index (Phi) is 7.45. The summed E-state index contributed by atoms with van der Waals surface area (Å²) in [5, 5.41) is -0.131. The molecule has 9 heteroatoms. The Balaban J connectivity index is 1.11. The number of aryl methyl sites for hydroxylation is 1. The van der Waals surface area contributed by atoms with E-state index in [-0.39, 0.29) is 28.0 Å². The van der Waals surface area contributed by atoms with Gasteiger partial charge in [-0.05, 0) is 91.5 Å². The van der Waals surface area contributed by atoms with Gasteiger partial charge < -0.3 is 14.7 Å². The second-order valence-corrected chi connectivity index (χ2v) is 12.0. The van der Waals surface area contributed by atoms with Crippen LogP contribution in [-0.4, -0.2) is 59.8 Å². The van der Waals surface area contributed by atoms with Gasteiger partial charge in [0.05, 0.1) is 16.6 Å². The van der Waals surface area contributed by atoms with E-state index in [0.29, 0.717) is 12.0 Å². The van der Waals surface area contributed by atoms with Crippen LogP contribution in [0.5, 0.6) is 0 Å². The number of piperidine rings is 2. The van der Waals surface area contributed by atoms with Gasteiger partial charge in [-0.1, -0.05) is 17.7 Å². The molecule has 1 aliphatic carbocycles. The Hall–Kier alpha value is -3.52. The molecule has 2 saturated heterocycles. The summed E-state index contributed by atoms with van der Waals surface area (Å²) in [5.41, 5.74) is 4.04. The smallest absolute Gasteiger partial charge is 0.255 e. The Morgan fingerprint density at radius 2 is 1.61 bits per heavy atom. The second-order valence-electron chi connectivity index (χ2n) is 11.6. The number of amides is 2. The third-order valence-electron chi connectivity index (χ3n) is 9.43. The number of aromatic nitrogens is 1. The van der Waals surface area contributed by atoms with Gasteiger partial charge in [0.15, 0.2) is 11.6 Å². The summed E-state index contributed by atoms with van der Waals surface area (Å²) in [6, 6.07) is 11.3. The third kappa shape index (κ3) is 5.30. The molecule has 6 rings (SSSR count). The molecular formula is C32H33ClF2N4O2. The number of hydrogen-bond donors (Lipinski definition) is 0. The van der Waals surface area contributed by atoms with Crippen molar-refractivity contribution in [3.05, 3.63) is 93.8 Å². The predicted octanol–water partition coefficient (Wildman–Crippen LogP) is 6.30. The molecule has 3 aromatic rings. The summed E-state index contributed by atoms with van der Waals surface area (Å²) in [5.74, 6) is -2.68. The molecule has 2 aliphatic heterocycles. The molecule has 2 amide bonds. The number of pyridine rings is 1. The van der Waals surface area contributed by atoms with Crippen molar-refractivity contribution < 1.29 is 18.4 Å².